The Morgan fingerprint density at radius 1 is 1.31 bits per heavy atom. The first-order valence-corrected chi connectivity index (χ1v) is 10.7. The predicted molar refractivity (Wildman–Crippen MR) is 113 cm³/mol. The third-order valence-electron chi connectivity index (χ3n) is 4.02. The summed E-state index contributed by atoms with van der Waals surface area (Å²) in [6.45, 7) is 5.77. The first-order valence-electron chi connectivity index (χ1n) is 8.94. The van der Waals surface area contributed by atoms with Crippen LogP contribution in [0.4, 0.5) is 5.69 Å². The smallest absolute Gasteiger partial charge is 0.394 e. The molecule has 0 saturated carbocycles. The molecule has 4 N–H and O–H groups in total. The van der Waals surface area contributed by atoms with Crippen molar-refractivity contribution in [2.75, 3.05) is 25.0 Å². The van der Waals surface area contributed by atoms with Crippen LogP contribution in [-0.4, -0.2) is 64.2 Å². The summed E-state index contributed by atoms with van der Waals surface area (Å²) >= 11 is 6.02. The van der Waals surface area contributed by atoms with Crippen molar-refractivity contribution < 1.29 is 27.4 Å². The Morgan fingerprint density at radius 3 is 2.55 bits per heavy atom. The minimum absolute atomic E-state index is 0.105. The van der Waals surface area contributed by atoms with Crippen molar-refractivity contribution in [1.29, 1.82) is 0 Å². The molecule has 162 valence electrons. The largest absolute Gasteiger partial charge is 0.480 e. The van der Waals surface area contributed by atoms with Gasteiger partial charge in [-0.15, -0.1) is 0 Å². The van der Waals surface area contributed by atoms with Gasteiger partial charge in [-0.2, -0.15) is 8.42 Å². The summed E-state index contributed by atoms with van der Waals surface area (Å²) in [4.78, 5) is 17.1. The number of benzene rings is 1. The SMILES string of the molecule is CCN(CCCC(C)Nc1ccnc2cc(Cl)ccc12)CC(=O)O.O=S(=O)(O)O. The number of aromatic nitrogens is 1. The predicted octanol–water partition coefficient (Wildman–Crippen LogP) is 3.22. The van der Waals surface area contributed by atoms with Gasteiger partial charge in [-0.05, 0) is 57.1 Å². The van der Waals surface area contributed by atoms with Gasteiger partial charge >= 0.3 is 16.4 Å². The zero-order valence-electron chi connectivity index (χ0n) is 16.2. The molecule has 11 heteroatoms. The summed E-state index contributed by atoms with van der Waals surface area (Å²) < 4.78 is 31.6. The molecule has 1 unspecified atom stereocenters. The highest BCUT2D eigenvalue weighted by Gasteiger charge is 2.10. The van der Waals surface area contributed by atoms with E-state index < -0.39 is 16.4 Å². The molecule has 2 rings (SSSR count). The van der Waals surface area contributed by atoms with E-state index in [2.05, 4.69) is 17.2 Å². The average molecular weight is 448 g/mol. The Bertz CT molecular complexity index is 902. The maximum absolute atomic E-state index is 10.8. The fraction of sp³-hybridized carbons (Fsp3) is 0.444. The van der Waals surface area contributed by atoms with Gasteiger partial charge in [0.05, 0.1) is 12.1 Å². The number of carboxylic acids is 1. The van der Waals surface area contributed by atoms with Crippen molar-refractivity contribution in [3.05, 3.63) is 35.5 Å². The van der Waals surface area contributed by atoms with Crippen molar-refractivity contribution in [2.45, 2.75) is 32.7 Å². The van der Waals surface area contributed by atoms with Crippen LogP contribution in [0.25, 0.3) is 10.9 Å². The van der Waals surface area contributed by atoms with Crippen molar-refractivity contribution >= 4 is 44.6 Å². The highest BCUT2D eigenvalue weighted by molar-refractivity contribution is 7.79. The molecule has 0 bridgehead atoms. The molecule has 0 aliphatic carbocycles. The highest BCUT2D eigenvalue weighted by atomic mass is 35.5. The number of rotatable bonds is 9. The molecule has 1 heterocycles. The zero-order valence-corrected chi connectivity index (χ0v) is 17.8. The minimum atomic E-state index is -4.67. The van der Waals surface area contributed by atoms with Crippen LogP contribution >= 0.6 is 11.6 Å². The van der Waals surface area contributed by atoms with Crippen molar-refractivity contribution in [2.24, 2.45) is 0 Å². The minimum Gasteiger partial charge on any atom is -0.480 e. The van der Waals surface area contributed by atoms with Gasteiger partial charge in [-0.3, -0.25) is 23.8 Å². The van der Waals surface area contributed by atoms with Crippen LogP contribution in [0.15, 0.2) is 30.5 Å². The molecule has 29 heavy (non-hydrogen) atoms. The van der Waals surface area contributed by atoms with E-state index in [0.29, 0.717) is 5.02 Å². The van der Waals surface area contributed by atoms with E-state index in [1.807, 2.05) is 36.1 Å². The Labute approximate surface area is 175 Å². The number of aliphatic carboxylic acids is 1. The summed E-state index contributed by atoms with van der Waals surface area (Å²) in [5.41, 5.74) is 1.92. The molecule has 0 radical (unpaired) electrons. The lowest BCUT2D eigenvalue weighted by Gasteiger charge is -2.20. The fourth-order valence-electron chi connectivity index (χ4n) is 2.75. The van der Waals surface area contributed by atoms with E-state index in [0.717, 1.165) is 42.5 Å². The third-order valence-corrected chi connectivity index (χ3v) is 4.26. The first-order chi connectivity index (χ1) is 13.5. The Morgan fingerprint density at radius 2 is 1.97 bits per heavy atom. The summed E-state index contributed by atoms with van der Waals surface area (Å²) in [6.07, 6.45) is 3.69. The van der Waals surface area contributed by atoms with Crippen molar-refractivity contribution in [3.8, 4) is 0 Å². The maximum Gasteiger partial charge on any atom is 0.394 e. The molecule has 1 aromatic heterocycles. The molecule has 0 aliphatic heterocycles. The standard InChI is InChI=1S/C18H24ClN3O2.H2O4S/c1-3-22(12-18(23)24)10-4-5-13(2)21-16-8-9-20-17-11-14(19)6-7-15(16)17;1-5(2,3)4/h6-9,11,13H,3-5,10,12H2,1-2H3,(H,20,21)(H,23,24);(H2,1,2,3,4). The topological polar surface area (TPSA) is 140 Å². The number of nitrogens with one attached hydrogen (secondary N) is 1. The molecule has 0 aliphatic rings. The van der Waals surface area contributed by atoms with Crippen molar-refractivity contribution in [3.63, 3.8) is 0 Å². The van der Waals surface area contributed by atoms with Crippen LogP contribution in [0.1, 0.15) is 26.7 Å². The highest BCUT2D eigenvalue weighted by Crippen LogP contribution is 2.25. The van der Waals surface area contributed by atoms with Crippen LogP contribution in [0.3, 0.4) is 0 Å². The van der Waals surface area contributed by atoms with Gasteiger partial charge in [-0.1, -0.05) is 18.5 Å². The van der Waals surface area contributed by atoms with Crippen LogP contribution in [0, 0.1) is 0 Å². The second-order valence-electron chi connectivity index (χ2n) is 6.42. The van der Waals surface area contributed by atoms with Gasteiger partial charge in [0.25, 0.3) is 0 Å². The normalized spacial score (nSPS) is 12.3. The zero-order chi connectivity index (χ0) is 22.0. The van der Waals surface area contributed by atoms with Crippen LogP contribution in [-0.2, 0) is 15.2 Å². The van der Waals surface area contributed by atoms with E-state index in [1.54, 1.807) is 6.20 Å². The summed E-state index contributed by atoms with van der Waals surface area (Å²) in [5.74, 6) is -0.773. The van der Waals surface area contributed by atoms with E-state index in [1.165, 1.54) is 0 Å². The number of carbonyl (C=O) groups is 1. The molecule has 0 fully saturated rings. The van der Waals surface area contributed by atoms with E-state index in [-0.39, 0.29) is 12.6 Å². The number of carboxylic acid groups (broad SMARTS) is 1. The molecular weight excluding hydrogens is 422 g/mol. The number of hydrogen-bond acceptors (Lipinski definition) is 6. The van der Waals surface area contributed by atoms with Gasteiger partial charge in [0.1, 0.15) is 0 Å². The van der Waals surface area contributed by atoms with Crippen LogP contribution in [0.5, 0.6) is 0 Å². The molecule has 0 spiro atoms. The molecule has 0 amide bonds. The van der Waals surface area contributed by atoms with Crippen LogP contribution < -0.4 is 5.32 Å². The Hall–Kier alpha value is -1.98. The Kier molecular flexibility index (Phi) is 10.3. The fourth-order valence-corrected chi connectivity index (χ4v) is 2.91. The summed E-state index contributed by atoms with van der Waals surface area (Å²) in [6, 6.07) is 7.96. The second kappa shape index (κ2) is 11.9. The second-order valence-corrected chi connectivity index (χ2v) is 7.75. The van der Waals surface area contributed by atoms with Gasteiger partial charge in [0.15, 0.2) is 0 Å². The van der Waals surface area contributed by atoms with E-state index >= 15 is 0 Å². The number of pyridine rings is 1. The molecule has 1 aromatic carbocycles. The van der Waals surface area contributed by atoms with E-state index in [9.17, 15) is 4.79 Å². The number of anilines is 1. The van der Waals surface area contributed by atoms with Gasteiger partial charge < -0.3 is 10.4 Å². The molecule has 2 aromatic rings. The lowest BCUT2D eigenvalue weighted by molar-refractivity contribution is -0.138. The number of fused-ring (bicyclic) bond motifs is 1. The Balaban J connectivity index is 0.000000749. The third kappa shape index (κ3) is 11.0. The molecule has 9 nitrogen and oxygen atoms in total. The summed E-state index contributed by atoms with van der Waals surface area (Å²) in [7, 11) is -4.67. The molecular formula is C18H26ClN3O6S. The summed E-state index contributed by atoms with van der Waals surface area (Å²) in [5, 5.41) is 14.1. The van der Waals surface area contributed by atoms with Crippen LogP contribution in [0.2, 0.25) is 5.02 Å². The van der Waals surface area contributed by atoms with Gasteiger partial charge in [0, 0.05) is 28.3 Å². The van der Waals surface area contributed by atoms with Gasteiger partial charge in [-0.25, -0.2) is 0 Å². The first kappa shape index (κ1) is 25.1. The maximum atomic E-state index is 10.8. The number of nitrogens with zero attached hydrogens (tertiary/aromatic N) is 2. The van der Waals surface area contributed by atoms with Gasteiger partial charge in [0.2, 0.25) is 0 Å². The average Bonchev–Trinajstić information content (AvgIpc) is 2.59. The quantitative estimate of drug-likeness (QED) is 0.426. The lowest BCUT2D eigenvalue weighted by atomic mass is 10.1. The number of likely N-dealkylation sites (N-methyl/N-ethyl adjacent to an activating group) is 1. The monoisotopic (exact) mass is 447 g/mol. The van der Waals surface area contributed by atoms with Crippen molar-refractivity contribution in [1.82, 2.24) is 9.88 Å². The lowest BCUT2D eigenvalue weighted by Crippen LogP contribution is -2.31. The number of halogens is 1. The van der Waals surface area contributed by atoms with E-state index in [4.69, 9.17) is 34.2 Å². The number of hydrogen-bond donors (Lipinski definition) is 4. The molecule has 1 atom stereocenters. The molecule has 0 saturated heterocycles.